The van der Waals surface area contributed by atoms with E-state index in [0.717, 1.165) is 0 Å². The molecule has 1 aromatic rings. The first-order chi connectivity index (χ1) is 10.9. The van der Waals surface area contributed by atoms with Gasteiger partial charge in [-0.3, -0.25) is 9.36 Å². The van der Waals surface area contributed by atoms with Crippen LogP contribution in [-0.2, 0) is 18.6 Å². The van der Waals surface area contributed by atoms with Crippen LogP contribution in [0.1, 0.15) is 24.2 Å². The molecule has 0 radical (unpaired) electrons. The van der Waals surface area contributed by atoms with E-state index in [1.807, 2.05) is 0 Å². The third kappa shape index (κ3) is 7.23. The Kier molecular flexibility index (Phi) is 8.26. The summed E-state index contributed by atoms with van der Waals surface area (Å²) in [4.78, 5) is 32.2. The molecule has 0 aliphatic heterocycles. The van der Waals surface area contributed by atoms with Gasteiger partial charge < -0.3 is 19.5 Å². The minimum atomic E-state index is -3.16. The smallest absolute Gasteiger partial charge is 0.338 e. The van der Waals surface area contributed by atoms with Crippen LogP contribution in [-0.4, -0.2) is 35.5 Å². The molecule has 1 unspecified atom stereocenters. The van der Waals surface area contributed by atoms with Gasteiger partial charge in [-0.15, -0.1) is 0 Å². The zero-order valence-electron chi connectivity index (χ0n) is 12.9. The summed E-state index contributed by atoms with van der Waals surface area (Å²) < 4.78 is 20.8. The number of hydrogen-bond donors (Lipinski definition) is 2. The molecule has 0 heterocycles. The molecule has 23 heavy (non-hydrogen) atoms. The lowest BCUT2D eigenvalue weighted by molar-refractivity contribution is -0.120. The van der Waals surface area contributed by atoms with Crippen LogP contribution in [0.2, 0.25) is 0 Å². The second kappa shape index (κ2) is 9.94. The van der Waals surface area contributed by atoms with Gasteiger partial charge in [-0.1, -0.05) is 24.3 Å². The van der Waals surface area contributed by atoms with Crippen molar-refractivity contribution >= 4 is 20.1 Å². The first kappa shape index (κ1) is 19.1. The molecule has 1 amide bonds. The van der Waals surface area contributed by atoms with E-state index in [1.54, 1.807) is 49.4 Å². The van der Waals surface area contributed by atoms with Crippen molar-refractivity contribution in [1.82, 2.24) is 5.32 Å². The molecule has 0 fully saturated rings. The van der Waals surface area contributed by atoms with Gasteiger partial charge in [-0.05, 0) is 25.1 Å². The van der Waals surface area contributed by atoms with Crippen LogP contribution in [0, 0.1) is 0 Å². The standard InChI is InChI=1S/C15H20NO6P/c1-3-7-14(13(16-11(2)17)10-21-23(19)20)22-15(18)12-8-5-4-6-9-12/h3-9,13-14,23H,10H2,1-2H3,(H,16,17)(H,19,20)/b7-3+/t13-,14+/m0/s1. The van der Waals surface area contributed by atoms with E-state index >= 15 is 0 Å². The number of carbonyl (C=O) groups is 2. The van der Waals surface area contributed by atoms with E-state index in [-0.39, 0.29) is 12.5 Å². The highest BCUT2D eigenvalue weighted by Gasteiger charge is 2.25. The van der Waals surface area contributed by atoms with Crippen molar-refractivity contribution in [2.24, 2.45) is 0 Å². The van der Waals surface area contributed by atoms with E-state index in [9.17, 15) is 14.2 Å². The molecule has 0 aliphatic carbocycles. The summed E-state index contributed by atoms with van der Waals surface area (Å²) in [7, 11) is -3.16. The van der Waals surface area contributed by atoms with Crippen LogP contribution >= 0.6 is 8.25 Å². The third-order valence-electron chi connectivity index (χ3n) is 2.81. The van der Waals surface area contributed by atoms with Gasteiger partial charge in [0.05, 0.1) is 18.2 Å². The van der Waals surface area contributed by atoms with Crippen molar-refractivity contribution in [3.63, 3.8) is 0 Å². The highest BCUT2D eigenvalue weighted by molar-refractivity contribution is 7.32. The molecule has 7 nitrogen and oxygen atoms in total. The lowest BCUT2D eigenvalue weighted by Crippen LogP contribution is -2.46. The lowest BCUT2D eigenvalue weighted by atomic mass is 10.1. The van der Waals surface area contributed by atoms with Gasteiger partial charge in [0.25, 0.3) is 0 Å². The predicted octanol–water partition coefficient (Wildman–Crippen LogP) is 1.69. The summed E-state index contributed by atoms with van der Waals surface area (Å²) in [5.74, 6) is -0.942. The van der Waals surface area contributed by atoms with Gasteiger partial charge in [0, 0.05) is 6.92 Å². The fourth-order valence-electron chi connectivity index (χ4n) is 1.85. The molecule has 1 rings (SSSR count). The van der Waals surface area contributed by atoms with Gasteiger partial charge in [-0.25, -0.2) is 4.79 Å². The zero-order valence-corrected chi connectivity index (χ0v) is 13.9. The topological polar surface area (TPSA) is 102 Å². The van der Waals surface area contributed by atoms with E-state index in [0.29, 0.717) is 5.56 Å². The number of hydrogen-bond acceptors (Lipinski definition) is 5. The SMILES string of the molecule is C/C=C/[C@@H](OC(=O)c1ccccc1)[C@H](CO[PH](=O)O)NC(C)=O. The number of rotatable bonds is 8. The molecule has 1 aromatic carbocycles. The second-order valence-electron chi connectivity index (χ2n) is 4.65. The molecule has 0 saturated carbocycles. The minimum absolute atomic E-state index is 0.259. The lowest BCUT2D eigenvalue weighted by Gasteiger charge is -2.25. The third-order valence-corrected chi connectivity index (χ3v) is 3.22. The van der Waals surface area contributed by atoms with Gasteiger partial charge in [0.15, 0.2) is 0 Å². The molecule has 0 aromatic heterocycles. The van der Waals surface area contributed by atoms with Gasteiger partial charge >= 0.3 is 14.2 Å². The van der Waals surface area contributed by atoms with E-state index < -0.39 is 26.4 Å². The van der Waals surface area contributed by atoms with Crippen LogP contribution < -0.4 is 5.32 Å². The number of ether oxygens (including phenoxy) is 1. The Bertz CT molecular complexity index is 575. The highest BCUT2D eigenvalue weighted by atomic mass is 31.1. The molecule has 3 atom stereocenters. The Labute approximate surface area is 135 Å². The summed E-state index contributed by atoms with van der Waals surface area (Å²) in [5.41, 5.74) is 0.361. The summed E-state index contributed by atoms with van der Waals surface area (Å²) in [6.07, 6.45) is 2.39. The van der Waals surface area contributed by atoms with Crippen molar-refractivity contribution in [2.45, 2.75) is 26.0 Å². The Morgan fingerprint density at radius 1 is 1.35 bits per heavy atom. The first-order valence-corrected chi connectivity index (χ1v) is 8.22. The van der Waals surface area contributed by atoms with Gasteiger partial charge in [-0.2, -0.15) is 0 Å². The Morgan fingerprint density at radius 2 is 2.00 bits per heavy atom. The second-order valence-corrected chi connectivity index (χ2v) is 5.47. The first-order valence-electron chi connectivity index (χ1n) is 6.95. The molecule has 0 bridgehead atoms. The fraction of sp³-hybridized carbons (Fsp3) is 0.333. The van der Waals surface area contributed by atoms with Crippen LogP contribution in [0.25, 0.3) is 0 Å². The predicted molar refractivity (Wildman–Crippen MR) is 85.2 cm³/mol. The van der Waals surface area contributed by atoms with Crippen molar-refractivity contribution in [3.05, 3.63) is 48.0 Å². The maximum Gasteiger partial charge on any atom is 0.338 e. The van der Waals surface area contributed by atoms with E-state index in [2.05, 4.69) is 9.84 Å². The van der Waals surface area contributed by atoms with E-state index in [1.165, 1.54) is 6.92 Å². The number of amides is 1. The Hall–Kier alpha value is -1.95. The van der Waals surface area contributed by atoms with Crippen molar-refractivity contribution in [3.8, 4) is 0 Å². The van der Waals surface area contributed by atoms with Crippen LogP contribution in [0.3, 0.4) is 0 Å². The van der Waals surface area contributed by atoms with Crippen LogP contribution in [0.15, 0.2) is 42.5 Å². The molecule has 0 saturated heterocycles. The van der Waals surface area contributed by atoms with Crippen molar-refractivity contribution < 1.29 is 28.3 Å². The molecular weight excluding hydrogens is 321 g/mol. The molecular formula is C15H20NO6P. The van der Waals surface area contributed by atoms with Gasteiger partial charge in [0.1, 0.15) is 6.10 Å². The monoisotopic (exact) mass is 341 g/mol. The zero-order chi connectivity index (χ0) is 17.2. The molecule has 2 N–H and O–H groups in total. The molecule has 8 heteroatoms. The maximum atomic E-state index is 12.1. The summed E-state index contributed by atoms with van der Waals surface area (Å²) in [6.45, 7) is 2.76. The summed E-state index contributed by atoms with van der Waals surface area (Å²) >= 11 is 0. The normalized spacial score (nSPS) is 14.9. The van der Waals surface area contributed by atoms with Crippen molar-refractivity contribution in [1.29, 1.82) is 0 Å². The van der Waals surface area contributed by atoms with Crippen LogP contribution in [0.5, 0.6) is 0 Å². The number of esters is 1. The average molecular weight is 341 g/mol. The molecule has 0 aliphatic rings. The largest absolute Gasteiger partial charge is 0.452 e. The number of allylic oxidation sites excluding steroid dienone is 1. The Morgan fingerprint density at radius 3 is 2.52 bits per heavy atom. The fourth-order valence-corrected chi connectivity index (χ4v) is 2.17. The average Bonchev–Trinajstić information content (AvgIpc) is 2.51. The maximum absolute atomic E-state index is 12.1. The number of carbonyl (C=O) groups excluding carboxylic acids is 2. The summed E-state index contributed by atoms with van der Waals surface area (Å²) in [5, 5.41) is 2.55. The van der Waals surface area contributed by atoms with E-state index in [4.69, 9.17) is 9.63 Å². The molecule has 0 spiro atoms. The van der Waals surface area contributed by atoms with Gasteiger partial charge in [0.2, 0.25) is 5.91 Å². The van der Waals surface area contributed by atoms with Crippen LogP contribution in [0.4, 0.5) is 0 Å². The highest BCUT2D eigenvalue weighted by Crippen LogP contribution is 2.17. The summed E-state index contributed by atoms with van der Waals surface area (Å²) in [6, 6.07) is 7.60. The quantitative estimate of drug-likeness (QED) is 0.424. The van der Waals surface area contributed by atoms with Crippen molar-refractivity contribution in [2.75, 3.05) is 6.61 Å². The molecule has 126 valence electrons. The number of benzene rings is 1. The minimum Gasteiger partial charge on any atom is -0.452 e. The number of nitrogens with one attached hydrogen (secondary N) is 1. The Balaban J connectivity index is 2.88.